The zero-order chi connectivity index (χ0) is 8.97. The van der Waals surface area contributed by atoms with Gasteiger partial charge < -0.3 is 20.9 Å². The Morgan fingerprint density at radius 3 is 2.92 bits per heavy atom. The smallest absolute Gasteiger partial charge is 0.243 e. The fraction of sp³-hybridized carbons (Fsp3) is 0.857. The van der Waals surface area contributed by atoms with Gasteiger partial charge in [-0.3, -0.25) is 4.79 Å². The molecule has 1 heterocycles. The molecule has 0 aromatic carbocycles. The van der Waals surface area contributed by atoms with Gasteiger partial charge in [0.15, 0.2) is 0 Å². The maximum atomic E-state index is 10.3. The molecule has 0 radical (unpaired) electrons. The number of rotatable bonds is 4. The van der Waals surface area contributed by atoms with Crippen LogP contribution in [0.15, 0.2) is 0 Å². The summed E-state index contributed by atoms with van der Waals surface area (Å²) in [5.41, 5.74) is 10.6. The molecule has 4 N–H and O–H groups in total. The van der Waals surface area contributed by atoms with Gasteiger partial charge >= 0.3 is 0 Å². The third kappa shape index (κ3) is 2.77. The maximum Gasteiger partial charge on any atom is 0.243 e. The molecule has 0 saturated carbocycles. The van der Waals surface area contributed by atoms with E-state index in [9.17, 15) is 4.79 Å². The number of primary amides is 1. The average molecular weight is 174 g/mol. The lowest BCUT2D eigenvalue weighted by atomic mass is 10.2. The second kappa shape index (κ2) is 4.39. The van der Waals surface area contributed by atoms with Gasteiger partial charge in [0.2, 0.25) is 5.91 Å². The Morgan fingerprint density at radius 1 is 1.67 bits per heavy atom. The van der Waals surface area contributed by atoms with Crippen molar-refractivity contribution >= 4 is 5.91 Å². The summed E-state index contributed by atoms with van der Waals surface area (Å²) in [5.74, 6) is -0.471. The van der Waals surface area contributed by atoms with E-state index in [1.165, 1.54) is 0 Å². The quantitative estimate of drug-likeness (QED) is 0.549. The molecule has 0 aromatic rings. The van der Waals surface area contributed by atoms with Crippen molar-refractivity contribution < 1.29 is 14.3 Å². The van der Waals surface area contributed by atoms with Crippen LogP contribution in [0.5, 0.6) is 0 Å². The molecule has 12 heavy (non-hydrogen) atoms. The zero-order valence-corrected chi connectivity index (χ0v) is 6.86. The fourth-order valence-electron chi connectivity index (χ4n) is 1.11. The van der Waals surface area contributed by atoms with E-state index in [4.69, 9.17) is 20.9 Å². The van der Waals surface area contributed by atoms with Crippen molar-refractivity contribution in [2.75, 3.05) is 19.8 Å². The van der Waals surface area contributed by atoms with Gasteiger partial charge in [0.05, 0.1) is 12.7 Å². The molecule has 5 heteroatoms. The van der Waals surface area contributed by atoms with Gasteiger partial charge in [0.25, 0.3) is 0 Å². The molecule has 0 bridgehead atoms. The normalized spacial score (nSPS) is 29.1. The van der Waals surface area contributed by atoms with Gasteiger partial charge in [-0.2, -0.15) is 0 Å². The van der Waals surface area contributed by atoms with Crippen LogP contribution in [0.3, 0.4) is 0 Å². The minimum atomic E-state index is -0.471. The average Bonchev–Trinajstić information content (AvgIpc) is 2.36. The van der Waals surface area contributed by atoms with Crippen LogP contribution in [-0.4, -0.2) is 37.9 Å². The lowest BCUT2D eigenvalue weighted by Gasteiger charge is -2.13. The van der Waals surface area contributed by atoms with Crippen LogP contribution in [0.25, 0.3) is 0 Å². The number of carbonyl (C=O) groups is 1. The summed E-state index contributed by atoms with van der Waals surface area (Å²) in [6.07, 6.45) is 0.772. The van der Waals surface area contributed by atoms with Crippen LogP contribution < -0.4 is 11.5 Å². The topological polar surface area (TPSA) is 87.6 Å². The van der Waals surface area contributed by atoms with Crippen LogP contribution in [0.4, 0.5) is 0 Å². The first kappa shape index (κ1) is 9.44. The standard InChI is InChI=1S/C7H14N2O3/c8-5-1-2-12-6(5)3-11-4-7(9)10/h5-6H,1-4,8H2,(H2,9,10)/t5-,6-/m1/s1. The van der Waals surface area contributed by atoms with Crippen LogP contribution in [0.2, 0.25) is 0 Å². The van der Waals surface area contributed by atoms with Gasteiger partial charge in [-0.15, -0.1) is 0 Å². The number of carbonyl (C=O) groups excluding carboxylic acids is 1. The van der Waals surface area contributed by atoms with Crippen molar-refractivity contribution in [3.8, 4) is 0 Å². The highest BCUT2D eigenvalue weighted by atomic mass is 16.5. The number of hydrogen-bond donors (Lipinski definition) is 2. The summed E-state index contributed by atoms with van der Waals surface area (Å²) < 4.78 is 10.2. The highest BCUT2D eigenvalue weighted by molar-refractivity contribution is 5.74. The summed E-state index contributed by atoms with van der Waals surface area (Å²) in [6.45, 7) is 0.961. The molecule has 0 spiro atoms. The van der Waals surface area contributed by atoms with E-state index in [0.717, 1.165) is 6.42 Å². The number of hydrogen-bond acceptors (Lipinski definition) is 4. The first-order valence-electron chi connectivity index (χ1n) is 3.93. The van der Waals surface area contributed by atoms with Crippen LogP contribution in [0, 0.1) is 0 Å². The summed E-state index contributed by atoms with van der Waals surface area (Å²) in [6, 6.07) is 0.0258. The molecule has 0 aromatic heterocycles. The van der Waals surface area contributed by atoms with E-state index in [1.807, 2.05) is 0 Å². The molecule has 1 rings (SSSR count). The van der Waals surface area contributed by atoms with E-state index < -0.39 is 5.91 Å². The van der Waals surface area contributed by atoms with Crippen LogP contribution >= 0.6 is 0 Å². The molecule has 0 aliphatic carbocycles. The summed E-state index contributed by atoms with van der Waals surface area (Å²) in [7, 11) is 0. The lowest BCUT2D eigenvalue weighted by Crippen LogP contribution is -2.34. The van der Waals surface area contributed by atoms with Crippen molar-refractivity contribution in [1.29, 1.82) is 0 Å². The van der Waals surface area contributed by atoms with Crippen molar-refractivity contribution in [2.24, 2.45) is 11.5 Å². The molecular weight excluding hydrogens is 160 g/mol. The molecule has 1 aliphatic heterocycles. The number of nitrogens with two attached hydrogens (primary N) is 2. The second-order valence-electron chi connectivity index (χ2n) is 2.84. The Kier molecular flexibility index (Phi) is 3.46. The number of ether oxygens (including phenoxy) is 2. The highest BCUT2D eigenvalue weighted by Gasteiger charge is 2.24. The molecule has 0 unspecified atom stereocenters. The van der Waals surface area contributed by atoms with Crippen molar-refractivity contribution in [2.45, 2.75) is 18.6 Å². The van der Waals surface area contributed by atoms with Crippen molar-refractivity contribution in [3.63, 3.8) is 0 Å². The van der Waals surface area contributed by atoms with E-state index >= 15 is 0 Å². The van der Waals surface area contributed by atoms with E-state index in [-0.39, 0.29) is 18.8 Å². The molecular formula is C7H14N2O3. The van der Waals surface area contributed by atoms with Gasteiger partial charge in [0, 0.05) is 12.6 Å². The van der Waals surface area contributed by atoms with E-state index in [0.29, 0.717) is 13.2 Å². The molecule has 5 nitrogen and oxygen atoms in total. The predicted octanol–water partition coefficient (Wildman–Crippen LogP) is -1.40. The van der Waals surface area contributed by atoms with Crippen LogP contribution in [-0.2, 0) is 14.3 Å². The van der Waals surface area contributed by atoms with Gasteiger partial charge in [0.1, 0.15) is 6.61 Å². The number of amides is 1. The molecule has 2 atom stereocenters. The Morgan fingerprint density at radius 2 is 2.42 bits per heavy atom. The maximum absolute atomic E-state index is 10.3. The summed E-state index contributed by atoms with van der Waals surface area (Å²) in [5, 5.41) is 0. The van der Waals surface area contributed by atoms with Crippen molar-refractivity contribution in [1.82, 2.24) is 0 Å². The predicted molar refractivity (Wildman–Crippen MR) is 42.3 cm³/mol. The SMILES string of the molecule is NC(=O)COC[C@H]1OCC[C@H]1N. The van der Waals surface area contributed by atoms with Gasteiger partial charge in [-0.05, 0) is 6.42 Å². The van der Waals surface area contributed by atoms with Crippen LogP contribution in [0.1, 0.15) is 6.42 Å². The molecule has 1 aliphatic rings. The largest absolute Gasteiger partial charge is 0.374 e. The monoisotopic (exact) mass is 174 g/mol. The first-order valence-corrected chi connectivity index (χ1v) is 3.93. The van der Waals surface area contributed by atoms with Gasteiger partial charge in [-0.25, -0.2) is 0 Å². The first-order chi connectivity index (χ1) is 5.70. The Bertz CT molecular complexity index is 163. The minimum absolute atomic E-state index is 0.0258. The Hall–Kier alpha value is -0.650. The summed E-state index contributed by atoms with van der Waals surface area (Å²) in [4.78, 5) is 10.3. The zero-order valence-electron chi connectivity index (χ0n) is 6.86. The molecule has 1 saturated heterocycles. The van der Waals surface area contributed by atoms with Crippen molar-refractivity contribution in [3.05, 3.63) is 0 Å². The minimum Gasteiger partial charge on any atom is -0.374 e. The van der Waals surface area contributed by atoms with Gasteiger partial charge in [-0.1, -0.05) is 0 Å². The Labute approximate surface area is 71.0 Å². The fourth-order valence-corrected chi connectivity index (χ4v) is 1.11. The summed E-state index contributed by atoms with van der Waals surface area (Å²) >= 11 is 0. The lowest BCUT2D eigenvalue weighted by molar-refractivity contribution is -0.123. The molecule has 1 fully saturated rings. The third-order valence-corrected chi connectivity index (χ3v) is 1.79. The second-order valence-corrected chi connectivity index (χ2v) is 2.84. The highest BCUT2D eigenvalue weighted by Crippen LogP contribution is 2.10. The Balaban J connectivity index is 2.10. The van der Waals surface area contributed by atoms with E-state index in [1.54, 1.807) is 0 Å². The third-order valence-electron chi connectivity index (χ3n) is 1.79. The molecule has 70 valence electrons. The van der Waals surface area contributed by atoms with E-state index in [2.05, 4.69) is 0 Å². The molecule has 1 amide bonds.